The molecule has 0 saturated carbocycles. The van der Waals surface area contributed by atoms with Gasteiger partial charge < -0.3 is 10.1 Å². The van der Waals surface area contributed by atoms with Gasteiger partial charge in [-0.2, -0.15) is 0 Å². The molecular weight excluding hydrogens is 234 g/mol. The standard InChI is InChI=1S/C17H29NO/c1-7-18-16(12-17(4,5)6)14-9-8-10-15(11-14)19-13(2)3/h8-11,13,16,18H,7,12H2,1-6H3. The maximum absolute atomic E-state index is 5.79. The lowest BCUT2D eigenvalue weighted by Crippen LogP contribution is -2.25. The number of rotatable bonds is 6. The van der Waals surface area contributed by atoms with Crippen molar-refractivity contribution < 1.29 is 4.74 Å². The second-order valence-corrected chi connectivity index (χ2v) is 6.61. The molecule has 2 nitrogen and oxygen atoms in total. The van der Waals surface area contributed by atoms with E-state index in [1.807, 2.05) is 6.07 Å². The smallest absolute Gasteiger partial charge is 0.120 e. The molecule has 2 heteroatoms. The van der Waals surface area contributed by atoms with Gasteiger partial charge in [0.25, 0.3) is 0 Å². The molecule has 0 fully saturated rings. The van der Waals surface area contributed by atoms with E-state index in [-0.39, 0.29) is 6.10 Å². The Morgan fingerprint density at radius 2 is 1.89 bits per heavy atom. The first kappa shape index (κ1) is 16.0. The number of ether oxygens (including phenoxy) is 1. The zero-order valence-electron chi connectivity index (χ0n) is 13.3. The van der Waals surface area contributed by atoms with Gasteiger partial charge in [0.05, 0.1) is 6.10 Å². The monoisotopic (exact) mass is 263 g/mol. The lowest BCUT2D eigenvalue weighted by Gasteiger charge is -2.27. The number of hydrogen-bond donors (Lipinski definition) is 1. The normalized spacial score (nSPS) is 13.6. The Morgan fingerprint density at radius 1 is 1.21 bits per heavy atom. The van der Waals surface area contributed by atoms with Crippen molar-refractivity contribution >= 4 is 0 Å². The van der Waals surface area contributed by atoms with Crippen LogP contribution in [0.5, 0.6) is 5.75 Å². The Balaban J connectivity index is 2.89. The van der Waals surface area contributed by atoms with Crippen LogP contribution in [0.25, 0.3) is 0 Å². The lowest BCUT2D eigenvalue weighted by atomic mass is 9.85. The largest absolute Gasteiger partial charge is 0.491 e. The van der Waals surface area contributed by atoms with Crippen LogP contribution in [0.2, 0.25) is 0 Å². The molecule has 19 heavy (non-hydrogen) atoms. The van der Waals surface area contributed by atoms with E-state index in [2.05, 4.69) is 65.1 Å². The van der Waals surface area contributed by atoms with Gasteiger partial charge in [0.2, 0.25) is 0 Å². The van der Waals surface area contributed by atoms with Crippen LogP contribution >= 0.6 is 0 Å². The van der Waals surface area contributed by atoms with Gasteiger partial charge in [0.1, 0.15) is 5.75 Å². The second-order valence-electron chi connectivity index (χ2n) is 6.61. The molecule has 0 spiro atoms. The highest BCUT2D eigenvalue weighted by Gasteiger charge is 2.19. The average Bonchev–Trinajstić information content (AvgIpc) is 2.26. The van der Waals surface area contributed by atoms with Gasteiger partial charge in [0.15, 0.2) is 0 Å². The molecule has 1 N–H and O–H groups in total. The summed E-state index contributed by atoms with van der Waals surface area (Å²) < 4.78 is 5.79. The first-order valence-corrected chi connectivity index (χ1v) is 7.32. The highest BCUT2D eigenvalue weighted by atomic mass is 16.5. The Kier molecular flexibility index (Phi) is 5.86. The van der Waals surface area contributed by atoms with Crippen molar-refractivity contribution in [1.29, 1.82) is 0 Å². The number of nitrogens with one attached hydrogen (secondary N) is 1. The summed E-state index contributed by atoms with van der Waals surface area (Å²) in [6.45, 7) is 14.1. The molecule has 0 amide bonds. The van der Waals surface area contributed by atoms with Crippen LogP contribution in [0.15, 0.2) is 24.3 Å². The average molecular weight is 263 g/mol. The molecule has 1 rings (SSSR count). The lowest BCUT2D eigenvalue weighted by molar-refractivity contribution is 0.241. The molecule has 0 saturated heterocycles. The molecule has 0 heterocycles. The predicted octanol–water partition coefficient (Wildman–Crippen LogP) is 4.56. The highest BCUT2D eigenvalue weighted by Crippen LogP contribution is 2.30. The summed E-state index contributed by atoms with van der Waals surface area (Å²) in [7, 11) is 0. The fourth-order valence-corrected chi connectivity index (χ4v) is 2.24. The van der Waals surface area contributed by atoms with Crippen molar-refractivity contribution in [3.8, 4) is 5.75 Å². The summed E-state index contributed by atoms with van der Waals surface area (Å²) >= 11 is 0. The zero-order valence-corrected chi connectivity index (χ0v) is 13.3. The number of benzene rings is 1. The molecule has 0 aromatic heterocycles. The topological polar surface area (TPSA) is 21.3 Å². The Labute approximate surface area is 118 Å². The minimum absolute atomic E-state index is 0.218. The van der Waals surface area contributed by atoms with Crippen molar-refractivity contribution in [3.05, 3.63) is 29.8 Å². The second kappa shape index (κ2) is 6.95. The summed E-state index contributed by atoms with van der Waals surface area (Å²) in [5, 5.41) is 3.58. The van der Waals surface area contributed by atoms with Gasteiger partial charge in [-0.1, -0.05) is 39.8 Å². The predicted molar refractivity (Wildman–Crippen MR) is 82.7 cm³/mol. The van der Waals surface area contributed by atoms with Gasteiger partial charge in [-0.15, -0.1) is 0 Å². The Hall–Kier alpha value is -1.02. The van der Waals surface area contributed by atoms with E-state index in [0.717, 1.165) is 18.7 Å². The van der Waals surface area contributed by atoms with Gasteiger partial charge in [0, 0.05) is 6.04 Å². The first-order chi connectivity index (χ1) is 8.81. The van der Waals surface area contributed by atoms with E-state index in [9.17, 15) is 0 Å². The summed E-state index contributed by atoms with van der Waals surface area (Å²) in [6, 6.07) is 8.86. The van der Waals surface area contributed by atoms with Gasteiger partial charge in [-0.3, -0.25) is 0 Å². The third-order valence-corrected chi connectivity index (χ3v) is 2.90. The van der Waals surface area contributed by atoms with Gasteiger partial charge >= 0.3 is 0 Å². The quantitative estimate of drug-likeness (QED) is 0.812. The van der Waals surface area contributed by atoms with Crippen molar-refractivity contribution in [1.82, 2.24) is 5.32 Å². The van der Waals surface area contributed by atoms with Crippen molar-refractivity contribution in [3.63, 3.8) is 0 Å². The molecule has 0 radical (unpaired) electrons. The molecule has 0 bridgehead atoms. The van der Waals surface area contributed by atoms with Gasteiger partial charge in [-0.25, -0.2) is 0 Å². The van der Waals surface area contributed by atoms with E-state index < -0.39 is 0 Å². The molecular formula is C17H29NO. The first-order valence-electron chi connectivity index (χ1n) is 7.32. The number of hydrogen-bond acceptors (Lipinski definition) is 2. The highest BCUT2D eigenvalue weighted by molar-refractivity contribution is 5.31. The maximum atomic E-state index is 5.79. The molecule has 0 aliphatic rings. The minimum Gasteiger partial charge on any atom is -0.491 e. The van der Waals surface area contributed by atoms with E-state index in [0.29, 0.717) is 11.5 Å². The SMILES string of the molecule is CCNC(CC(C)(C)C)c1cccc(OC(C)C)c1. The van der Waals surface area contributed by atoms with E-state index >= 15 is 0 Å². The third-order valence-electron chi connectivity index (χ3n) is 2.90. The van der Waals surface area contributed by atoms with E-state index in [4.69, 9.17) is 4.74 Å². The fraction of sp³-hybridized carbons (Fsp3) is 0.647. The maximum Gasteiger partial charge on any atom is 0.120 e. The van der Waals surface area contributed by atoms with Crippen molar-refractivity contribution in [2.45, 2.75) is 60.1 Å². The molecule has 1 aromatic carbocycles. The summed E-state index contributed by atoms with van der Waals surface area (Å²) in [5.74, 6) is 0.962. The summed E-state index contributed by atoms with van der Waals surface area (Å²) in [4.78, 5) is 0. The van der Waals surface area contributed by atoms with Gasteiger partial charge in [-0.05, 0) is 49.9 Å². The summed E-state index contributed by atoms with van der Waals surface area (Å²) in [6.07, 6.45) is 1.34. The zero-order chi connectivity index (χ0) is 14.5. The Bertz CT molecular complexity index is 379. The molecule has 0 aliphatic heterocycles. The molecule has 108 valence electrons. The summed E-state index contributed by atoms with van der Waals surface area (Å²) in [5.41, 5.74) is 1.62. The van der Waals surface area contributed by atoms with E-state index in [1.165, 1.54) is 5.56 Å². The molecule has 1 aromatic rings. The van der Waals surface area contributed by atoms with Crippen LogP contribution in [0.4, 0.5) is 0 Å². The molecule has 1 unspecified atom stereocenters. The van der Waals surface area contributed by atoms with Crippen LogP contribution in [0.3, 0.4) is 0 Å². The fourth-order valence-electron chi connectivity index (χ4n) is 2.24. The Morgan fingerprint density at radius 3 is 2.42 bits per heavy atom. The third kappa shape index (κ3) is 6.11. The van der Waals surface area contributed by atoms with Crippen molar-refractivity contribution in [2.24, 2.45) is 5.41 Å². The van der Waals surface area contributed by atoms with Crippen LogP contribution in [0, 0.1) is 5.41 Å². The van der Waals surface area contributed by atoms with Crippen LogP contribution in [-0.2, 0) is 0 Å². The van der Waals surface area contributed by atoms with E-state index in [1.54, 1.807) is 0 Å². The minimum atomic E-state index is 0.218. The molecule has 1 atom stereocenters. The van der Waals surface area contributed by atoms with Crippen LogP contribution in [-0.4, -0.2) is 12.6 Å². The van der Waals surface area contributed by atoms with Crippen LogP contribution < -0.4 is 10.1 Å². The van der Waals surface area contributed by atoms with Crippen molar-refractivity contribution in [2.75, 3.05) is 6.54 Å². The molecule has 0 aliphatic carbocycles. The van der Waals surface area contributed by atoms with Crippen LogP contribution in [0.1, 0.15) is 59.6 Å².